The smallest absolute Gasteiger partial charge is 0.331 e. The number of furan rings is 1. The molecule has 0 spiro atoms. The molecule has 0 bridgehead atoms. The summed E-state index contributed by atoms with van der Waals surface area (Å²) in [4.78, 5) is 29.5. The number of carbonyl (C=O) groups is 2. The summed E-state index contributed by atoms with van der Waals surface area (Å²) in [6, 6.07) is 14.1. The third-order valence-electron chi connectivity index (χ3n) is 6.63. The van der Waals surface area contributed by atoms with E-state index in [2.05, 4.69) is 37.2 Å². The van der Waals surface area contributed by atoms with Gasteiger partial charge in [0.2, 0.25) is 5.78 Å². The highest BCUT2D eigenvalue weighted by Crippen LogP contribution is 2.38. The van der Waals surface area contributed by atoms with Crippen LogP contribution in [0.3, 0.4) is 0 Å². The van der Waals surface area contributed by atoms with E-state index < -0.39 is 5.97 Å². The van der Waals surface area contributed by atoms with E-state index in [9.17, 15) is 9.59 Å². The first-order valence-electron chi connectivity index (χ1n) is 12.2. The maximum atomic E-state index is 13.2. The van der Waals surface area contributed by atoms with Gasteiger partial charge in [-0.15, -0.1) is 0 Å². The maximum Gasteiger partial charge on any atom is 0.331 e. The Labute approximate surface area is 205 Å². The lowest BCUT2D eigenvalue weighted by Crippen LogP contribution is -2.06. The number of benzene rings is 2. The van der Waals surface area contributed by atoms with Crippen LogP contribution in [0.15, 0.2) is 58.1 Å². The number of allylic oxidation sites excluding steroid dienone is 1. The van der Waals surface area contributed by atoms with E-state index in [4.69, 9.17) is 9.25 Å². The lowest BCUT2D eigenvalue weighted by atomic mass is 9.97. The molecule has 0 fully saturated rings. The van der Waals surface area contributed by atoms with E-state index in [0.29, 0.717) is 17.2 Å². The van der Waals surface area contributed by atoms with Crippen LogP contribution in [0, 0.1) is 5.92 Å². The van der Waals surface area contributed by atoms with Gasteiger partial charge in [-0.1, -0.05) is 49.3 Å². The first-order chi connectivity index (χ1) is 16.9. The fourth-order valence-electron chi connectivity index (χ4n) is 4.78. The molecule has 1 aromatic heterocycles. The predicted octanol–water partition coefficient (Wildman–Crippen LogP) is 6.74. The Morgan fingerprint density at radius 3 is 2.40 bits per heavy atom. The van der Waals surface area contributed by atoms with Crippen molar-refractivity contribution in [3.63, 3.8) is 0 Å². The molecule has 1 heterocycles. The van der Waals surface area contributed by atoms with Gasteiger partial charge in [-0.2, -0.15) is 0 Å². The molecule has 0 radical (unpaired) electrons. The van der Waals surface area contributed by atoms with Gasteiger partial charge in [0.1, 0.15) is 5.76 Å². The van der Waals surface area contributed by atoms with Crippen molar-refractivity contribution in [3.05, 3.63) is 87.9 Å². The second-order valence-electron chi connectivity index (χ2n) is 9.74. The lowest BCUT2D eigenvalue weighted by Gasteiger charge is -2.10. The van der Waals surface area contributed by atoms with Crippen LogP contribution in [0.1, 0.15) is 84.2 Å². The average Bonchev–Trinajstić information content (AvgIpc) is 3.43. The zero-order chi connectivity index (χ0) is 24.5. The Bertz CT molecular complexity index is 1370. The van der Waals surface area contributed by atoms with Gasteiger partial charge < -0.3 is 9.25 Å². The normalized spacial score (nSPS) is 14.0. The molecule has 35 heavy (non-hydrogen) atoms. The van der Waals surface area contributed by atoms with Crippen molar-refractivity contribution < 1.29 is 18.8 Å². The SMILES string of the molecule is CC(=O)O/N=C(\CCC(C)C)c1ccc2c(c1)Cc1cc(C(=O)c3cc4c(o3)C=CCC4)ccc1-2. The zero-order valence-electron chi connectivity index (χ0n) is 20.4. The highest BCUT2D eigenvalue weighted by molar-refractivity contribution is 6.08. The van der Waals surface area contributed by atoms with E-state index >= 15 is 0 Å². The van der Waals surface area contributed by atoms with Gasteiger partial charge in [0.05, 0.1) is 5.71 Å². The van der Waals surface area contributed by atoms with Crippen molar-refractivity contribution in [1.82, 2.24) is 0 Å². The summed E-state index contributed by atoms with van der Waals surface area (Å²) < 4.78 is 5.84. The monoisotopic (exact) mass is 467 g/mol. The van der Waals surface area contributed by atoms with E-state index in [1.807, 2.05) is 36.4 Å². The van der Waals surface area contributed by atoms with E-state index in [1.54, 1.807) is 0 Å². The van der Waals surface area contributed by atoms with E-state index in [0.717, 1.165) is 71.4 Å². The third-order valence-corrected chi connectivity index (χ3v) is 6.63. The highest BCUT2D eigenvalue weighted by atomic mass is 16.7. The molecule has 0 N–H and O–H groups in total. The van der Waals surface area contributed by atoms with E-state index in [1.165, 1.54) is 12.5 Å². The summed E-state index contributed by atoms with van der Waals surface area (Å²) in [7, 11) is 0. The van der Waals surface area contributed by atoms with Crippen LogP contribution in [0.25, 0.3) is 17.2 Å². The van der Waals surface area contributed by atoms with Crippen molar-refractivity contribution in [1.29, 1.82) is 0 Å². The molecule has 0 saturated carbocycles. The number of oxime groups is 1. The zero-order valence-corrected chi connectivity index (χ0v) is 20.4. The van der Waals surface area contributed by atoms with Crippen LogP contribution in [0.4, 0.5) is 0 Å². The van der Waals surface area contributed by atoms with Gasteiger partial charge >= 0.3 is 5.97 Å². The Kier molecular flexibility index (Phi) is 6.25. The molecule has 0 saturated heterocycles. The minimum Gasteiger partial charge on any atom is -0.453 e. The third kappa shape index (κ3) is 4.76. The van der Waals surface area contributed by atoms with Crippen LogP contribution in [0.5, 0.6) is 0 Å². The molecule has 0 atom stereocenters. The molecule has 2 aliphatic carbocycles. The summed E-state index contributed by atoms with van der Waals surface area (Å²) in [5.41, 5.74) is 8.09. The number of nitrogens with zero attached hydrogens (tertiary/aromatic N) is 1. The molecule has 2 aliphatic rings. The molecule has 0 unspecified atom stereocenters. The van der Waals surface area contributed by atoms with Crippen molar-refractivity contribution in [3.8, 4) is 11.1 Å². The molecule has 5 rings (SSSR count). The standard InChI is InChI=1S/C30H29NO4/c1-18(2)8-13-27(31-35-19(3)32)20-9-11-25-23(14-20)16-24-15-22(10-12-26(24)25)30(33)29-17-21-6-4-5-7-28(21)34-29/h5,7,9-12,14-15,17-18H,4,6,8,13,16H2,1-3H3/b31-27+. The van der Waals surface area contributed by atoms with Gasteiger partial charge in [-0.05, 0) is 95.7 Å². The Balaban J connectivity index is 1.40. The van der Waals surface area contributed by atoms with Gasteiger partial charge in [0, 0.05) is 12.5 Å². The molecule has 0 aliphatic heterocycles. The summed E-state index contributed by atoms with van der Waals surface area (Å²) >= 11 is 0. The number of carbonyl (C=O) groups excluding carboxylic acids is 2. The number of aryl methyl sites for hydroxylation is 1. The average molecular weight is 468 g/mol. The predicted molar refractivity (Wildman–Crippen MR) is 137 cm³/mol. The van der Waals surface area contributed by atoms with Crippen LogP contribution in [-0.4, -0.2) is 17.5 Å². The summed E-state index contributed by atoms with van der Waals surface area (Å²) in [5.74, 6) is 1.20. The first kappa shape index (κ1) is 23.0. The fourth-order valence-corrected chi connectivity index (χ4v) is 4.78. The van der Waals surface area contributed by atoms with Gasteiger partial charge in [-0.25, -0.2) is 4.79 Å². The Morgan fingerprint density at radius 2 is 1.71 bits per heavy atom. The molecule has 3 aromatic rings. The second-order valence-corrected chi connectivity index (χ2v) is 9.74. The first-order valence-corrected chi connectivity index (χ1v) is 12.2. The van der Waals surface area contributed by atoms with Crippen molar-refractivity contribution in [2.45, 2.75) is 52.9 Å². The molecule has 5 heteroatoms. The largest absolute Gasteiger partial charge is 0.453 e. The van der Waals surface area contributed by atoms with Gasteiger partial charge in [-0.3, -0.25) is 4.79 Å². The minimum atomic E-state index is -0.425. The summed E-state index contributed by atoms with van der Waals surface area (Å²) in [6.07, 6.45) is 8.34. The molecule has 0 amide bonds. The van der Waals surface area contributed by atoms with E-state index in [-0.39, 0.29) is 5.78 Å². The summed E-state index contributed by atoms with van der Waals surface area (Å²) in [6.45, 7) is 5.68. The van der Waals surface area contributed by atoms with Crippen molar-refractivity contribution >= 4 is 23.5 Å². The van der Waals surface area contributed by atoms with Crippen molar-refractivity contribution in [2.75, 3.05) is 0 Å². The minimum absolute atomic E-state index is 0.0864. The molecule has 2 aromatic carbocycles. The Morgan fingerprint density at radius 1 is 1.00 bits per heavy atom. The number of fused-ring (bicyclic) bond motifs is 4. The quantitative estimate of drug-likeness (QED) is 0.131. The van der Waals surface area contributed by atoms with Crippen LogP contribution in [-0.2, 0) is 22.5 Å². The number of ketones is 1. The van der Waals surface area contributed by atoms with Crippen LogP contribution >= 0.6 is 0 Å². The van der Waals surface area contributed by atoms with Gasteiger partial charge in [0.15, 0.2) is 5.76 Å². The van der Waals surface area contributed by atoms with Crippen LogP contribution in [0.2, 0.25) is 0 Å². The number of hydrogen-bond donors (Lipinski definition) is 0. The molecule has 5 nitrogen and oxygen atoms in total. The Hall–Kier alpha value is -3.73. The molecule has 178 valence electrons. The molecular weight excluding hydrogens is 438 g/mol. The second kappa shape index (κ2) is 9.49. The number of hydrogen-bond acceptors (Lipinski definition) is 5. The number of rotatable bonds is 7. The molecular formula is C30H29NO4. The highest BCUT2D eigenvalue weighted by Gasteiger charge is 2.23. The lowest BCUT2D eigenvalue weighted by molar-refractivity contribution is -0.140. The topological polar surface area (TPSA) is 68.9 Å². The maximum absolute atomic E-state index is 13.2. The van der Waals surface area contributed by atoms with Crippen molar-refractivity contribution in [2.24, 2.45) is 11.1 Å². The van der Waals surface area contributed by atoms with Crippen LogP contribution < -0.4 is 0 Å². The summed E-state index contributed by atoms with van der Waals surface area (Å²) in [5, 5.41) is 4.15. The fraction of sp³-hybridized carbons (Fsp3) is 0.300. The van der Waals surface area contributed by atoms with Gasteiger partial charge in [0.25, 0.3) is 0 Å².